The van der Waals surface area contributed by atoms with Crippen molar-refractivity contribution in [2.24, 2.45) is 0 Å². The van der Waals surface area contributed by atoms with Crippen LogP contribution in [0.25, 0.3) is 0 Å². The Bertz CT molecular complexity index is 778. The number of nitrogens with zero attached hydrogens (tertiary/aromatic N) is 1. The zero-order valence-electron chi connectivity index (χ0n) is 16.4. The van der Waals surface area contributed by atoms with Crippen molar-refractivity contribution >= 4 is 29.2 Å². The van der Waals surface area contributed by atoms with Crippen LogP contribution in [-0.4, -0.2) is 43.1 Å². The van der Waals surface area contributed by atoms with Gasteiger partial charge in [-0.25, -0.2) is 4.79 Å². The highest BCUT2D eigenvalue weighted by Gasteiger charge is 2.11. The lowest BCUT2D eigenvalue weighted by Crippen LogP contribution is -2.34. The van der Waals surface area contributed by atoms with Crippen molar-refractivity contribution < 1.29 is 14.3 Å². The van der Waals surface area contributed by atoms with E-state index in [1.54, 1.807) is 55.6 Å². The predicted molar refractivity (Wildman–Crippen MR) is 112 cm³/mol. The number of urea groups is 1. The lowest BCUT2D eigenvalue weighted by Gasteiger charge is -2.18. The van der Waals surface area contributed by atoms with Crippen LogP contribution in [-0.2, 0) is 0 Å². The molecular weight excluding hydrogens is 378 g/mol. The molecule has 0 aliphatic rings. The third-order valence-corrected chi connectivity index (χ3v) is 4.50. The van der Waals surface area contributed by atoms with Gasteiger partial charge in [0.05, 0.1) is 6.54 Å². The topological polar surface area (TPSA) is 70.7 Å². The third kappa shape index (κ3) is 6.78. The fraction of sp³-hybridized carbons (Fsp3) is 0.333. The molecule has 0 spiro atoms. The van der Waals surface area contributed by atoms with Crippen LogP contribution in [0.3, 0.4) is 0 Å². The largest absolute Gasteiger partial charge is 0.492 e. The minimum absolute atomic E-state index is 0.121. The molecule has 2 N–H and O–H groups in total. The molecular formula is C21H26ClN3O3. The summed E-state index contributed by atoms with van der Waals surface area (Å²) in [5.74, 6) is 0.577. The molecule has 0 aliphatic carbocycles. The first-order valence-electron chi connectivity index (χ1n) is 9.20. The van der Waals surface area contributed by atoms with Crippen LogP contribution in [0.15, 0.2) is 48.5 Å². The number of carbonyl (C=O) groups is 2. The smallest absolute Gasteiger partial charge is 0.321 e. The minimum Gasteiger partial charge on any atom is -0.492 e. The summed E-state index contributed by atoms with van der Waals surface area (Å²) in [7, 11) is 1.69. The van der Waals surface area contributed by atoms with Crippen molar-refractivity contribution in [1.82, 2.24) is 10.2 Å². The lowest BCUT2D eigenvalue weighted by molar-refractivity contribution is 0.0939. The van der Waals surface area contributed by atoms with Crippen LogP contribution in [0.4, 0.5) is 10.5 Å². The van der Waals surface area contributed by atoms with Crippen molar-refractivity contribution in [3.63, 3.8) is 0 Å². The van der Waals surface area contributed by atoms with Crippen molar-refractivity contribution in [3.8, 4) is 5.75 Å². The van der Waals surface area contributed by atoms with Gasteiger partial charge in [0.15, 0.2) is 0 Å². The summed E-state index contributed by atoms with van der Waals surface area (Å²) < 4.78 is 5.59. The van der Waals surface area contributed by atoms with Crippen LogP contribution < -0.4 is 15.4 Å². The fourth-order valence-corrected chi connectivity index (χ4v) is 2.39. The Labute approximate surface area is 170 Å². The van der Waals surface area contributed by atoms with Gasteiger partial charge in [-0.2, -0.15) is 0 Å². The summed E-state index contributed by atoms with van der Waals surface area (Å²) in [4.78, 5) is 25.9. The molecule has 6 nitrogen and oxygen atoms in total. The van der Waals surface area contributed by atoms with Crippen LogP contribution in [0.2, 0.25) is 5.02 Å². The predicted octanol–water partition coefficient (Wildman–Crippen LogP) is 4.41. The number of hydrogen-bond donors (Lipinski definition) is 2. The maximum Gasteiger partial charge on any atom is 0.321 e. The van der Waals surface area contributed by atoms with E-state index in [4.69, 9.17) is 16.3 Å². The number of anilines is 1. The second-order valence-corrected chi connectivity index (χ2v) is 6.95. The Morgan fingerprint density at radius 2 is 1.75 bits per heavy atom. The zero-order chi connectivity index (χ0) is 20.5. The Kier molecular flexibility index (Phi) is 8.14. The van der Waals surface area contributed by atoms with E-state index in [-0.39, 0.29) is 18.0 Å². The molecule has 0 radical (unpaired) electrons. The van der Waals surface area contributed by atoms with Crippen LogP contribution in [0, 0.1) is 0 Å². The standard InChI is InChI=1S/C21H26ClN3O3/c1-4-15(2)23-20(26)16-5-9-18(10-6-16)24-21(27)25(3)13-14-28-19-11-7-17(22)8-12-19/h5-12,15H,4,13-14H2,1-3H3,(H,23,26)(H,24,27). The molecule has 7 heteroatoms. The Balaban J connectivity index is 1.79. The summed E-state index contributed by atoms with van der Waals surface area (Å²) in [5, 5.41) is 6.35. The maximum atomic E-state index is 12.3. The third-order valence-electron chi connectivity index (χ3n) is 4.24. The first-order valence-corrected chi connectivity index (χ1v) is 9.58. The zero-order valence-corrected chi connectivity index (χ0v) is 17.1. The number of carbonyl (C=O) groups excluding carboxylic acids is 2. The molecule has 3 amide bonds. The lowest BCUT2D eigenvalue weighted by atomic mass is 10.1. The highest BCUT2D eigenvalue weighted by atomic mass is 35.5. The van der Waals surface area contributed by atoms with E-state index in [0.717, 1.165) is 6.42 Å². The van der Waals surface area contributed by atoms with Gasteiger partial charge in [-0.1, -0.05) is 18.5 Å². The average molecular weight is 404 g/mol. The molecule has 0 saturated heterocycles. The van der Waals surface area contributed by atoms with E-state index in [9.17, 15) is 9.59 Å². The van der Waals surface area contributed by atoms with Crippen molar-refractivity contribution in [2.75, 3.05) is 25.5 Å². The Morgan fingerprint density at radius 1 is 1.11 bits per heavy atom. The van der Waals surface area contributed by atoms with Gasteiger partial charge in [0, 0.05) is 29.4 Å². The number of likely N-dealkylation sites (N-methyl/N-ethyl adjacent to an activating group) is 1. The van der Waals surface area contributed by atoms with Crippen molar-refractivity contribution in [2.45, 2.75) is 26.3 Å². The normalized spacial score (nSPS) is 11.4. The summed E-state index contributed by atoms with van der Waals surface area (Å²) in [6.07, 6.45) is 0.869. The number of ether oxygens (including phenoxy) is 1. The Morgan fingerprint density at radius 3 is 2.36 bits per heavy atom. The van der Waals surface area contributed by atoms with Crippen LogP contribution >= 0.6 is 11.6 Å². The van der Waals surface area contributed by atoms with Gasteiger partial charge in [0.1, 0.15) is 12.4 Å². The second-order valence-electron chi connectivity index (χ2n) is 6.51. The summed E-state index contributed by atoms with van der Waals surface area (Å²) in [6, 6.07) is 13.7. The van der Waals surface area contributed by atoms with Crippen molar-refractivity contribution in [3.05, 3.63) is 59.1 Å². The van der Waals surface area contributed by atoms with Crippen LogP contribution in [0.5, 0.6) is 5.75 Å². The number of nitrogens with one attached hydrogen (secondary N) is 2. The van der Waals surface area contributed by atoms with Gasteiger partial charge in [0.2, 0.25) is 0 Å². The minimum atomic E-state index is -0.253. The van der Waals surface area contributed by atoms with E-state index in [0.29, 0.717) is 35.2 Å². The summed E-state index contributed by atoms with van der Waals surface area (Å²) in [6.45, 7) is 4.75. The SMILES string of the molecule is CCC(C)NC(=O)c1ccc(NC(=O)N(C)CCOc2ccc(Cl)cc2)cc1. The average Bonchev–Trinajstić information content (AvgIpc) is 2.69. The van der Waals surface area contributed by atoms with Crippen molar-refractivity contribution in [1.29, 1.82) is 0 Å². The van der Waals surface area contributed by atoms with E-state index >= 15 is 0 Å². The van der Waals surface area contributed by atoms with Gasteiger partial charge in [0.25, 0.3) is 5.91 Å². The molecule has 0 fully saturated rings. The fourth-order valence-electron chi connectivity index (χ4n) is 2.27. The van der Waals surface area contributed by atoms with Gasteiger partial charge in [-0.15, -0.1) is 0 Å². The van der Waals surface area contributed by atoms with Gasteiger partial charge < -0.3 is 20.3 Å². The first kappa shape index (κ1) is 21.6. The molecule has 0 aromatic heterocycles. The number of hydrogen-bond acceptors (Lipinski definition) is 3. The monoisotopic (exact) mass is 403 g/mol. The highest BCUT2D eigenvalue weighted by Crippen LogP contribution is 2.15. The Hall–Kier alpha value is -2.73. The first-order chi connectivity index (χ1) is 13.4. The second kappa shape index (κ2) is 10.6. The van der Waals surface area contributed by atoms with E-state index in [1.165, 1.54) is 4.90 Å². The van der Waals surface area contributed by atoms with E-state index in [1.807, 2.05) is 13.8 Å². The maximum absolute atomic E-state index is 12.3. The van der Waals surface area contributed by atoms with Crippen LogP contribution in [0.1, 0.15) is 30.6 Å². The molecule has 1 atom stereocenters. The molecule has 0 aliphatic heterocycles. The molecule has 0 bridgehead atoms. The number of amides is 3. The number of halogens is 1. The number of rotatable bonds is 8. The molecule has 2 rings (SSSR count). The molecule has 2 aromatic rings. The van der Waals surface area contributed by atoms with Gasteiger partial charge >= 0.3 is 6.03 Å². The quantitative estimate of drug-likeness (QED) is 0.685. The highest BCUT2D eigenvalue weighted by molar-refractivity contribution is 6.30. The number of benzene rings is 2. The molecule has 0 heterocycles. The molecule has 1 unspecified atom stereocenters. The van der Waals surface area contributed by atoms with E-state index < -0.39 is 0 Å². The van der Waals surface area contributed by atoms with Gasteiger partial charge in [-0.3, -0.25) is 4.79 Å². The molecule has 28 heavy (non-hydrogen) atoms. The van der Waals surface area contributed by atoms with Gasteiger partial charge in [-0.05, 0) is 61.9 Å². The molecule has 150 valence electrons. The van der Waals surface area contributed by atoms with E-state index in [2.05, 4.69) is 10.6 Å². The summed E-state index contributed by atoms with van der Waals surface area (Å²) in [5.41, 5.74) is 1.18. The summed E-state index contributed by atoms with van der Waals surface area (Å²) >= 11 is 5.83. The molecule has 2 aromatic carbocycles. The molecule has 0 saturated carbocycles.